The van der Waals surface area contributed by atoms with Crippen LogP contribution in [0.5, 0.6) is 0 Å². The minimum Gasteiger partial charge on any atom is -0.467 e. The second-order valence-corrected chi connectivity index (χ2v) is 10.8. The molecule has 4 atom stereocenters. The zero-order valence-corrected chi connectivity index (χ0v) is 21.4. The van der Waals surface area contributed by atoms with E-state index in [-0.39, 0.29) is 5.97 Å². The van der Waals surface area contributed by atoms with Crippen LogP contribution in [0.4, 0.5) is 0 Å². The molecule has 0 spiro atoms. The van der Waals surface area contributed by atoms with Gasteiger partial charge in [0, 0.05) is 4.90 Å². The lowest BCUT2D eigenvalue weighted by atomic mass is 9.83. The van der Waals surface area contributed by atoms with Gasteiger partial charge in [-0.25, -0.2) is 4.79 Å². The highest BCUT2D eigenvalue weighted by molar-refractivity contribution is 8.01. The number of carbonyl (C=O) groups is 2. The van der Waals surface area contributed by atoms with Gasteiger partial charge in [0.25, 0.3) is 0 Å². The molecule has 0 saturated carbocycles. The number of methoxy groups -OCH3 is 1. The number of aliphatic hydroxyl groups excluding tert-OH is 1. The average molecular weight is 479 g/mol. The van der Waals surface area contributed by atoms with Gasteiger partial charge < -0.3 is 14.6 Å². The van der Waals surface area contributed by atoms with Crippen molar-refractivity contribution in [2.75, 3.05) is 7.11 Å². The zero-order valence-electron chi connectivity index (χ0n) is 20.6. The lowest BCUT2D eigenvalue weighted by Crippen LogP contribution is -2.46. The normalized spacial score (nSPS) is 23.3. The van der Waals surface area contributed by atoms with Gasteiger partial charge in [-0.15, -0.1) is 11.8 Å². The predicted molar refractivity (Wildman–Crippen MR) is 133 cm³/mol. The number of carbonyl (C=O) groups excluding carboxylic acids is 2. The Morgan fingerprint density at radius 1 is 1.03 bits per heavy atom. The fraction of sp³-hybridized carbons (Fsp3) is 0.704. The van der Waals surface area contributed by atoms with E-state index in [4.69, 9.17) is 9.47 Å². The van der Waals surface area contributed by atoms with Gasteiger partial charge in [-0.2, -0.15) is 0 Å². The smallest absolute Gasteiger partial charge is 0.335 e. The van der Waals surface area contributed by atoms with E-state index in [1.54, 1.807) is 6.92 Å². The molecule has 186 valence electrons. The van der Waals surface area contributed by atoms with E-state index < -0.39 is 28.8 Å². The standard InChI is InChI=1S/C27H42O5S/c1-4-5-6-7-8-9-10-11-12-13-17-20-22-23(24(28)25(29)31-3)27(2,26(30)32-22)33-21-18-15-14-16-19-21/h14-16,18-19,22-24,28H,4-13,17,20H2,1-3H3/t22-,23+,24+,27-/m1/s1. The SMILES string of the molecule is CCCCCCCCCCCCC[C@H]1OC(=O)[C@](C)(Sc2ccccc2)[C@@H]1[C@H](O)C(=O)OC. The van der Waals surface area contributed by atoms with Crippen molar-refractivity contribution in [1.82, 2.24) is 0 Å². The van der Waals surface area contributed by atoms with Crippen molar-refractivity contribution in [3.63, 3.8) is 0 Å². The molecule has 0 aliphatic carbocycles. The molecule has 1 saturated heterocycles. The highest BCUT2D eigenvalue weighted by Crippen LogP contribution is 2.48. The molecule has 2 rings (SSSR count). The van der Waals surface area contributed by atoms with E-state index in [1.165, 1.54) is 70.2 Å². The van der Waals surface area contributed by atoms with E-state index in [9.17, 15) is 14.7 Å². The van der Waals surface area contributed by atoms with Crippen LogP contribution in [0.3, 0.4) is 0 Å². The van der Waals surface area contributed by atoms with Crippen LogP contribution in [0.2, 0.25) is 0 Å². The molecule has 0 unspecified atom stereocenters. The maximum Gasteiger partial charge on any atom is 0.335 e. The van der Waals surface area contributed by atoms with Crippen LogP contribution in [-0.4, -0.2) is 41.1 Å². The second-order valence-electron chi connectivity index (χ2n) is 9.28. The van der Waals surface area contributed by atoms with Crippen LogP contribution >= 0.6 is 11.8 Å². The average Bonchev–Trinajstić information content (AvgIpc) is 3.06. The first kappa shape index (κ1) is 27.7. The van der Waals surface area contributed by atoms with E-state index >= 15 is 0 Å². The summed E-state index contributed by atoms with van der Waals surface area (Å²) in [6.45, 7) is 4.01. The predicted octanol–water partition coefficient (Wildman–Crippen LogP) is 6.31. The first-order valence-electron chi connectivity index (χ1n) is 12.6. The third kappa shape index (κ3) is 8.32. The number of unbranched alkanes of at least 4 members (excludes halogenated alkanes) is 10. The van der Waals surface area contributed by atoms with Crippen molar-refractivity contribution in [2.24, 2.45) is 5.92 Å². The minimum atomic E-state index is -1.40. The third-order valence-corrected chi connectivity index (χ3v) is 8.02. The molecule has 1 N–H and O–H groups in total. The van der Waals surface area contributed by atoms with Crippen molar-refractivity contribution in [2.45, 2.75) is 113 Å². The highest BCUT2D eigenvalue weighted by atomic mass is 32.2. The number of benzene rings is 1. The van der Waals surface area contributed by atoms with E-state index in [2.05, 4.69) is 6.92 Å². The van der Waals surface area contributed by atoms with Gasteiger partial charge >= 0.3 is 11.9 Å². The fourth-order valence-electron chi connectivity index (χ4n) is 4.68. The Morgan fingerprint density at radius 3 is 2.12 bits per heavy atom. The summed E-state index contributed by atoms with van der Waals surface area (Å²) in [5.41, 5.74) is 0. The maximum atomic E-state index is 12.9. The number of aliphatic hydroxyl groups is 1. The topological polar surface area (TPSA) is 72.8 Å². The quantitative estimate of drug-likeness (QED) is 0.222. The minimum absolute atomic E-state index is 0.377. The van der Waals surface area contributed by atoms with Crippen molar-refractivity contribution in [3.8, 4) is 0 Å². The summed E-state index contributed by atoms with van der Waals surface area (Å²) in [6, 6.07) is 9.56. The first-order valence-corrected chi connectivity index (χ1v) is 13.5. The Hall–Kier alpha value is -1.53. The van der Waals surface area contributed by atoms with Gasteiger partial charge in [-0.3, -0.25) is 4.79 Å². The van der Waals surface area contributed by atoms with Crippen LogP contribution < -0.4 is 0 Å². The maximum absolute atomic E-state index is 12.9. The molecule has 6 heteroatoms. The van der Waals surface area contributed by atoms with Gasteiger partial charge in [0.05, 0.1) is 13.0 Å². The molecule has 1 fully saturated rings. The molecule has 1 aliphatic heterocycles. The van der Waals surface area contributed by atoms with E-state index in [1.807, 2.05) is 30.3 Å². The Labute approximate surface area is 204 Å². The van der Waals surface area contributed by atoms with Crippen LogP contribution in [0.25, 0.3) is 0 Å². The molecular weight excluding hydrogens is 436 g/mol. The molecule has 0 amide bonds. The summed E-state index contributed by atoms with van der Waals surface area (Å²) in [4.78, 5) is 26.0. The van der Waals surface area contributed by atoms with Gasteiger partial charge in [-0.05, 0) is 31.9 Å². The highest BCUT2D eigenvalue weighted by Gasteiger charge is 2.59. The summed E-state index contributed by atoms with van der Waals surface area (Å²) in [7, 11) is 1.25. The molecule has 0 radical (unpaired) electrons. The largest absolute Gasteiger partial charge is 0.467 e. The van der Waals surface area contributed by atoms with Crippen molar-refractivity contribution < 1.29 is 24.2 Å². The molecular formula is C27H42O5S. The summed E-state index contributed by atoms with van der Waals surface area (Å²) in [6.07, 6.45) is 12.4. The lowest BCUT2D eigenvalue weighted by molar-refractivity contribution is -0.155. The second kappa shape index (κ2) is 14.7. The van der Waals surface area contributed by atoms with Crippen LogP contribution in [0.15, 0.2) is 35.2 Å². The van der Waals surface area contributed by atoms with Crippen LogP contribution in [0, 0.1) is 5.92 Å². The monoisotopic (exact) mass is 478 g/mol. The van der Waals surface area contributed by atoms with Gasteiger partial charge in [0.2, 0.25) is 0 Å². The van der Waals surface area contributed by atoms with Crippen molar-refractivity contribution in [1.29, 1.82) is 0 Å². The third-order valence-electron chi connectivity index (χ3n) is 6.65. The number of esters is 2. The van der Waals surface area contributed by atoms with Gasteiger partial charge in [0.15, 0.2) is 6.10 Å². The number of rotatable bonds is 16. The number of cyclic esters (lactones) is 1. The zero-order chi connectivity index (χ0) is 24.1. The number of ether oxygens (including phenoxy) is 2. The molecule has 1 aromatic rings. The van der Waals surface area contributed by atoms with Crippen LogP contribution in [-0.2, 0) is 19.1 Å². The Kier molecular flexibility index (Phi) is 12.3. The molecule has 1 aromatic carbocycles. The molecule has 0 bridgehead atoms. The van der Waals surface area contributed by atoms with Crippen molar-refractivity contribution in [3.05, 3.63) is 30.3 Å². The summed E-state index contributed by atoms with van der Waals surface area (Å²) in [5.74, 6) is -1.76. The number of hydrogen-bond acceptors (Lipinski definition) is 6. The summed E-state index contributed by atoms with van der Waals surface area (Å²) in [5, 5.41) is 10.8. The fourth-order valence-corrected chi connectivity index (χ4v) is 6.01. The van der Waals surface area contributed by atoms with Crippen molar-refractivity contribution >= 4 is 23.7 Å². The van der Waals surface area contributed by atoms with Crippen LogP contribution in [0.1, 0.15) is 90.9 Å². The Bertz CT molecular complexity index is 710. The number of hydrogen-bond donors (Lipinski definition) is 1. The molecule has 0 aromatic heterocycles. The Balaban J connectivity index is 1.86. The summed E-state index contributed by atoms with van der Waals surface area (Å²) >= 11 is 1.35. The lowest BCUT2D eigenvalue weighted by Gasteiger charge is -2.31. The molecule has 1 heterocycles. The van der Waals surface area contributed by atoms with E-state index in [0.717, 1.165) is 24.2 Å². The Morgan fingerprint density at radius 2 is 1.58 bits per heavy atom. The first-order chi connectivity index (χ1) is 15.9. The summed E-state index contributed by atoms with van der Waals surface area (Å²) < 4.78 is 9.48. The molecule has 1 aliphatic rings. The van der Waals surface area contributed by atoms with Gasteiger partial charge in [0.1, 0.15) is 10.9 Å². The molecule has 5 nitrogen and oxygen atoms in total. The van der Waals surface area contributed by atoms with Gasteiger partial charge in [-0.1, -0.05) is 89.3 Å². The van der Waals surface area contributed by atoms with E-state index in [0.29, 0.717) is 6.42 Å². The molecule has 33 heavy (non-hydrogen) atoms. The number of thioether (sulfide) groups is 1.